The third-order valence-corrected chi connectivity index (χ3v) is 8.40. The zero-order chi connectivity index (χ0) is 32.1. The minimum absolute atomic E-state index is 0.0302. The van der Waals surface area contributed by atoms with E-state index in [9.17, 15) is 9.59 Å². The molecule has 0 fully saturated rings. The average Bonchev–Trinajstić information content (AvgIpc) is 3.38. The van der Waals surface area contributed by atoms with E-state index in [1.165, 1.54) is 11.3 Å². The Morgan fingerprint density at radius 3 is 2.39 bits per heavy atom. The van der Waals surface area contributed by atoms with E-state index in [0.29, 0.717) is 18.7 Å². The molecule has 7 nitrogen and oxygen atoms in total. The summed E-state index contributed by atoms with van der Waals surface area (Å²) in [6.45, 7) is 13.2. The van der Waals surface area contributed by atoms with E-state index in [-0.39, 0.29) is 29.9 Å². The van der Waals surface area contributed by atoms with Crippen molar-refractivity contribution in [1.82, 2.24) is 10.6 Å². The van der Waals surface area contributed by atoms with E-state index in [0.717, 1.165) is 74.6 Å². The Morgan fingerprint density at radius 2 is 1.73 bits per heavy atom. The number of methoxy groups -OCH3 is 1. The van der Waals surface area contributed by atoms with Gasteiger partial charge in [0.25, 0.3) is 5.91 Å². The van der Waals surface area contributed by atoms with Crippen molar-refractivity contribution in [3.63, 3.8) is 0 Å². The summed E-state index contributed by atoms with van der Waals surface area (Å²) in [6, 6.07) is 14.4. The van der Waals surface area contributed by atoms with Gasteiger partial charge in [0.1, 0.15) is 5.60 Å². The van der Waals surface area contributed by atoms with Crippen molar-refractivity contribution in [2.45, 2.75) is 111 Å². The van der Waals surface area contributed by atoms with Crippen LogP contribution in [0.4, 0.5) is 10.5 Å². The van der Waals surface area contributed by atoms with E-state index in [1.54, 1.807) is 7.11 Å². The molecule has 3 rings (SSSR count). The van der Waals surface area contributed by atoms with Gasteiger partial charge in [0.2, 0.25) is 0 Å². The minimum Gasteiger partial charge on any atom is -0.444 e. The molecule has 7 heteroatoms. The maximum absolute atomic E-state index is 12.8. The number of carbonyl (C=O) groups excluding carboxylic acids is 2. The monoisotopic (exact) mass is 605 g/mol. The molecule has 3 unspecified atom stereocenters. The Hall–Kier alpha value is -3.19. The number of ether oxygens (including phenoxy) is 2. The summed E-state index contributed by atoms with van der Waals surface area (Å²) in [5.41, 5.74) is 5.65. The Bertz CT molecular complexity index is 1250. The fourth-order valence-corrected chi connectivity index (χ4v) is 6.01. The van der Waals surface area contributed by atoms with Crippen LogP contribution in [0.1, 0.15) is 119 Å². The first-order valence-corrected chi connectivity index (χ1v) is 16.6. The lowest BCUT2D eigenvalue weighted by atomic mass is 9.79. The van der Waals surface area contributed by atoms with E-state index < -0.39 is 5.60 Å². The van der Waals surface area contributed by atoms with Gasteiger partial charge in [-0.15, -0.1) is 0 Å². The molecule has 0 aliphatic carbocycles. The summed E-state index contributed by atoms with van der Waals surface area (Å²) in [6.07, 6.45) is 8.32. The predicted octanol–water partition coefficient (Wildman–Crippen LogP) is 8.66. The predicted molar refractivity (Wildman–Crippen MR) is 180 cm³/mol. The molecule has 1 heterocycles. The zero-order valence-corrected chi connectivity index (χ0v) is 28.1. The number of amides is 2. The topological polar surface area (TPSA) is 89.0 Å². The fraction of sp³-hybridized carbons (Fsp3) is 0.595. The Labute approximate surface area is 265 Å². The number of aryl methyl sites for hydroxylation is 1. The summed E-state index contributed by atoms with van der Waals surface area (Å²) >= 11 is 0. The number of unbranched alkanes of at least 4 members (excludes halogenated alkanes) is 3. The Balaban J connectivity index is 1.86. The summed E-state index contributed by atoms with van der Waals surface area (Å²) < 4.78 is 11.7. The Morgan fingerprint density at radius 1 is 0.977 bits per heavy atom. The molecule has 2 aromatic rings. The highest BCUT2D eigenvalue weighted by Gasteiger charge is 2.30. The summed E-state index contributed by atoms with van der Waals surface area (Å²) in [5.74, 6) is 0.414. The Kier molecular flexibility index (Phi) is 13.9. The standard InChI is InChI=1S/C37H55N3O4/c1-8-10-12-16-29(25-39-36(42)44-37(4,5)6)30(23-31-22-27-15-13-14-17-33(27)40-31)24-34(43-7)28-18-19-32(26(3)21-28)35(41)38-20-11-9-2/h13-15,17-19,21,29-30,34H,8-12,16,20,22-25H2,1-7H3,(H,38,41)(H,39,42). The highest BCUT2D eigenvalue weighted by atomic mass is 16.6. The average molecular weight is 606 g/mol. The number of carbonyl (C=O) groups is 2. The minimum atomic E-state index is -0.552. The molecule has 2 aromatic carbocycles. The lowest BCUT2D eigenvalue weighted by Crippen LogP contribution is -2.37. The first kappa shape index (κ1) is 35.3. The second-order valence-corrected chi connectivity index (χ2v) is 13.2. The van der Waals surface area contributed by atoms with Gasteiger partial charge in [-0.25, -0.2) is 4.79 Å². The summed E-state index contributed by atoms with van der Waals surface area (Å²) in [4.78, 5) is 30.5. The summed E-state index contributed by atoms with van der Waals surface area (Å²) in [5, 5.41) is 6.12. The molecule has 0 saturated heterocycles. The third-order valence-electron chi connectivity index (χ3n) is 8.40. The lowest BCUT2D eigenvalue weighted by Gasteiger charge is -2.31. The normalized spacial score (nSPS) is 14.8. The summed E-state index contributed by atoms with van der Waals surface area (Å²) in [7, 11) is 1.76. The molecule has 0 spiro atoms. The molecule has 44 heavy (non-hydrogen) atoms. The molecule has 0 radical (unpaired) electrons. The van der Waals surface area contributed by atoms with Gasteiger partial charge in [0.05, 0.1) is 11.8 Å². The first-order valence-electron chi connectivity index (χ1n) is 16.6. The van der Waals surface area contributed by atoms with Crippen molar-refractivity contribution >= 4 is 23.4 Å². The molecule has 0 saturated carbocycles. The van der Waals surface area contributed by atoms with Gasteiger partial charge in [0.15, 0.2) is 0 Å². The molecular formula is C37H55N3O4. The number of alkyl carbamates (subject to hydrolysis) is 1. The van der Waals surface area contributed by atoms with Gasteiger partial charge >= 0.3 is 6.09 Å². The molecule has 2 N–H and O–H groups in total. The van der Waals surface area contributed by atoms with Gasteiger partial charge in [-0.3, -0.25) is 9.79 Å². The lowest BCUT2D eigenvalue weighted by molar-refractivity contribution is 0.0486. The molecule has 1 aliphatic rings. The smallest absolute Gasteiger partial charge is 0.407 e. The van der Waals surface area contributed by atoms with Crippen LogP contribution in [0.25, 0.3) is 0 Å². The van der Waals surface area contributed by atoms with Crippen molar-refractivity contribution < 1.29 is 19.1 Å². The number of rotatable bonds is 17. The second-order valence-electron chi connectivity index (χ2n) is 13.2. The van der Waals surface area contributed by atoms with Crippen LogP contribution in [-0.2, 0) is 15.9 Å². The molecular weight excluding hydrogens is 550 g/mol. The van der Waals surface area contributed by atoms with Gasteiger partial charge < -0.3 is 20.1 Å². The SMILES string of the molecule is CCCCCC(CNC(=O)OC(C)(C)C)C(CC1=Nc2ccccc2C1)CC(OC)c1ccc(C(=O)NCCCC)c(C)c1. The number of hydrogen-bond donors (Lipinski definition) is 2. The van der Waals surface area contributed by atoms with Crippen LogP contribution in [0.3, 0.4) is 0 Å². The van der Waals surface area contributed by atoms with Crippen LogP contribution < -0.4 is 10.6 Å². The number of fused-ring (bicyclic) bond motifs is 1. The number of hydrogen-bond acceptors (Lipinski definition) is 5. The van der Waals surface area contributed by atoms with Gasteiger partial charge in [0, 0.05) is 37.9 Å². The van der Waals surface area contributed by atoms with Crippen LogP contribution in [0, 0.1) is 18.8 Å². The fourth-order valence-electron chi connectivity index (χ4n) is 6.01. The van der Waals surface area contributed by atoms with Crippen molar-refractivity contribution in [3.8, 4) is 0 Å². The third kappa shape index (κ3) is 11.1. The van der Waals surface area contributed by atoms with Crippen LogP contribution in [0.2, 0.25) is 0 Å². The van der Waals surface area contributed by atoms with E-state index >= 15 is 0 Å². The van der Waals surface area contributed by atoms with Crippen molar-refractivity contribution in [2.24, 2.45) is 16.8 Å². The van der Waals surface area contributed by atoms with Crippen LogP contribution in [-0.4, -0.2) is 43.5 Å². The van der Waals surface area contributed by atoms with Gasteiger partial charge in [-0.2, -0.15) is 0 Å². The van der Waals surface area contributed by atoms with Gasteiger partial charge in [-0.1, -0.05) is 69.9 Å². The molecule has 0 bridgehead atoms. The van der Waals surface area contributed by atoms with Crippen molar-refractivity contribution in [2.75, 3.05) is 20.2 Å². The van der Waals surface area contributed by atoms with Crippen LogP contribution in [0.15, 0.2) is 47.5 Å². The highest BCUT2D eigenvalue weighted by molar-refractivity contribution is 5.95. The molecule has 242 valence electrons. The second kappa shape index (κ2) is 17.3. The largest absolute Gasteiger partial charge is 0.444 e. The maximum Gasteiger partial charge on any atom is 0.407 e. The maximum atomic E-state index is 12.8. The number of benzene rings is 2. The van der Waals surface area contributed by atoms with E-state index in [4.69, 9.17) is 14.5 Å². The molecule has 2 amide bonds. The van der Waals surface area contributed by atoms with E-state index in [2.05, 4.69) is 48.7 Å². The number of aliphatic imine (C=N–C) groups is 1. The van der Waals surface area contributed by atoms with Crippen molar-refractivity contribution in [3.05, 3.63) is 64.7 Å². The number of nitrogens with one attached hydrogen (secondary N) is 2. The number of nitrogens with zero attached hydrogens (tertiary/aromatic N) is 1. The highest BCUT2D eigenvalue weighted by Crippen LogP contribution is 2.37. The van der Waals surface area contributed by atoms with Gasteiger partial charge in [-0.05, 0) is 94.0 Å². The molecule has 1 aliphatic heterocycles. The van der Waals surface area contributed by atoms with Crippen LogP contribution >= 0.6 is 0 Å². The van der Waals surface area contributed by atoms with E-state index in [1.807, 2.05) is 45.9 Å². The van der Waals surface area contributed by atoms with Crippen LogP contribution in [0.5, 0.6) is 0 Å². The molecule has 0 aromatic heterocycles. The molecule has 3 atom stereocenters. The van der Waals surface area contributed by atoms with Crippen molar-refractivity contribution in [1.29, 1.82) is 0 Å². The first-order chi connectivity index (χ1) is 21.0. The zero-order valence-electron chi connectivity index (χ0n) is 28.1. The quantitative estimate of drug-likeness (QED) is 0.177. The number of para-hydroxylation sites is 1.